The first-order valence-electron chi connectivity index (χ1n) is 6.61. The van der Waals surface area contributed by atoms with Crippen molar-refractivity contribution in [2.75, 3.05) is 0 Å². The molecular formula is C14H16ClN5S. The van der Waals surface area contributed by atoms with Gasteiger partial charge in [-0.3, -0.25) is 5.10 Å². The second-order valence-electron chi connectivity index (χ2n) is 5.85. The zero-order chi connectivity index (χ0) is 15.0. The van der Waals surface area contributed by atoms with Crippen LogP contribution < -0.4 is 0 Å². The summed E-state index contributed by atoms with van der Waals surface area (Å²) in [5.41, 5.74) is 1.84. The third-order valence-corrected chi connectivity index (χ3v) is 4.09. The number of halogens is 1. The number of fused-ring (bicyclic) bond motifs is 1. The van der Waals surface area contributed by atoms with Gasteiger partial charge in [0.2, 0.25) is 5.16 Å². The Balaban J connectivity index is 1.73. The van der Waals surface area contributed by atoms with Crippen molar-refractivity contribution in [3.05, 3.63) is 41.1 Å². The minimum atomic E-state index is -0.0222. The van der Waals surface area contributed by atoms with Crippen LogP contribution in [0.3, 0.4) is 0 Å². The van der Waals surface area contributed by atoms with Crippen LogP contribution in [0.5, 0.6) is 0 Å². The highest BCUT2D eigenvalue weighted by atomic mass is 35.5. The monoisotopic (exact) mass is 321 g/mol. The fourth-order valence-corrected chi connectivity index (χ4v) is 2.72. The number of aromatic nitrogens is 5. The third kappa shape index (κ3) is 3.22. The molecule has 3 aromatic rings. The van der Waals surface area contributed by atoms with Crippen LogP contribution in [0.25, 0.3) is 5.65 Å². The maximum atomic E-state index is 5.97. The Bertz CT molecular complexity index is 771. The Hall–Kier alpha value is -1.53. The van der Waals surface area contributed by atoms with Crippen molar-refractivity contribution < 1.29 is 0 Å². The second-order valence-corrected chi connectivity index (χ2v) is 7.23. The van der Waals surface area contributed by atoms with Crippen molar-refractivity contribution in [2.24, 2.45) is 0 Å². The maximum absolute atomic E-state index is 5.97. The largest absolute Gasteiger partial charge is 0.305 e. The summed E-state index contributed by atoms with van der Waals surface area (Å²) in [6.45, 7) is 6.31. The molecule has 0 unspecified atom stereocenters. The van der Waals surface area contributed by atoms with E-state index in [4.69, 9.17) is 11.6 Å². The first-order valence-corrected chi connectivity index (χ1v) is 7.97. The molecule has 7 heteroatoms. The Morgan fingerprint density at radius 2 is 2.05 bits per heavy atom. The fourth-order valence-electron chi connectivity index (χ4n) is 1.87. The van der Waals surface area contributed by atoms with Gasteiger partial charge in [-0.25, -0.2) is 9.97 Å². The smallest absolute Gasteiger partial charge is 0.208 e. The van der Waals surface area contributed by atoms with Crippen molar-refractivity contribution in [3.63, 3.8) is 0 Å². The highest BCUT2D eigenvalue weighted by Crippen LogP contribution is 2.23. The summed E-state index contributed by atoms with van der Waals surface area (Å²) < 4.78 is 1.93. The molecule has 0 aliphatic heterocycles. The van der Waals surface area contributed by atoms with E-state index in [1.807, 2.05) is 28.9 Å². The van der Waals surface area contributed by atoms with Crippen LogP contribution in [0.15, 0.2) is 29.7 Å². The lowest BCUT2D eigenvalue weighted by Crippen LogP contribution is -2.13. The SMILES string of the molecule is CC(C)(C)c1nc(SCc2cn3cc(Cl)ccc3n2)n[nH]1. The average molecular weight is 322 g/mol. The summed E-state index contributed by atoms with van der Waals surface area (Å²) in [6, 6.07) is 3.74. The minimum absolute atomic E-state index is 0.0222. The van der Waals surface area contributed by atoms with E-state index in [1.54, 1.807) is 11.8 Å². The van der Waals surface area contributed by atoms with Crippen LogP contribution in [0.1, 0.15) is 32.3 Å². The van der Waals surface area contributed by atoms with Gasteiger partial charge in [0.1, 0.15) is 11.5 Å². The normalized spacial score (nSPS) is 12.2. The molecule has 21 heavy (non-hydrogen) atoms. The predicted molar refractivity (Wildman–Crippen MR) is 84.8 cm³/mol. The molecule has 0 fully saturated rings. The Kier molecular flexibility index (Phi) is 3.67. The van der Waals surface area contributed by atoms with Crippen molar-refractivity contribution in [3.8, 4) is 0 Å². The second kappa shape index (κ2) is 5.35. The number of aromatic amines is 1. The van der Waals surface area contributed by atoms with Crippen LogP contribution in [-0.4, -0.2) is 24.6 Å². The molecule has 0 atom stereocenters. The third-order valence-electron chi connectivity index (χ3n) is 2.99. The molecule has 1 N–H and O–H groups in total. The molecule has 0 saturated heterocycles. The van der Waals surface area contributed by atoms with Crippen LogP contribution >= 0.6 is 23.4 Å². The van der Waals surface area contributed by atoms with E-state index in [9.17, 15) is 0 Å². The van der Waals surface area contributed by atoms with E-state index < -0.39 is 0 Å². The number of thioether (sulfide) groups is 1. The molecule has 0 aliphatic rings. The predicted octanol–water partition coefficient (Wildman–Crippen LogP) is 3.70. The lowest BCUT2D eigenvalue weighted by Gasteiger charge is -2.12. The van der Waals surface area contributed by atoms with Crippen LogP contribution in [-0.2, 0) is 11.2 Å². The quantitative estimate of drug-likeness (QED) is 0.747. The van der Waals surface area contributed by atoms with Gasteiger partial charge in [0.05, 0.1) is 10.7 Å². The van der Waals surface area contributed by atoms with Crippen LogP contribution in [0.2, 0.25) is 5.02 Å². The number of rotatable bonds is 3. The lowest BCUT2D eigenvalue weighted by molar-refractivity contribution is 0.547. The molecule has 3 rings (SSSR count). The summed E-state index contributed by atoms with van der Waals surface area (Å²) in [6.07, 6.45) is 3.83. The van der Waals surface area contributed by atoms with Gasteiger partial charge >= 0.3 is 0 Å². The number of hydrogen-bond donors (Lipinski definition) is 1. The molecule has 5 nitrogen and oxygen atoms in total. The molecule has 0 amide bonds. The maximum Gasteiger partial charge on any atom is 0.208 e. The Morgan fingerprint density at radius 3 is 2.76 bits per heavy atom. The molecular weight excluding hydrogens is 306 g/mol. The van der Waals surface area contributed by atoms with Crippen molar-refractivity contribution in [2.45, 2.75) is 37.1 Å². The van der Waals surface area contributed by atoms with E-state index >= 15 is 0 Å². The molecule has 0 aliphatic carbocycles. The van der Waals surface area contributed by atoms with Crippen LogP contribution in [0.4, 0.5) is 0 Å². The Morgan fingerprint density at radius 1 is 1.24 bits per heavy atom. The van der Waals surface area contributed by atoms with Gasteiger partial charge < -0.3 is 4.40 Å². The number of nitrogens with zero attached hydrogens (tertiary/aromatic N) is 4. The zero-order valence-electron chi connectivity index (χ0n) is 12.1. The molecule has 3 heterocycles. The number of nitrogens with one attached hydrogen (secondary N) is 1. The summed E-state index contributed by atoms with van der Waals surface area (Å²) in [5, 5.41) is 8.67. The fraction of sp³-hybridized carbons (Fsp3) is 0.357. The summed E-state index contributed by atoms with van der Waals surface area (Å²) in [4.78, 5) is 9.05. The van der Waals surface area contributed by atoms with E-state index in [2.05, 4.69) is 40.9 Å². The summed E-state index contributed by atoms with van der Waals surface area (Å²) >= 11 is 7.54. The number of H-pyrrole nitrogens is 1. The van der Waals surface area contributed by atoms with Gasteiger partial charge in [0.15, 0.2) is 0 Å². The van der Waals surface area contributed by atoms with Gasteiger partial charge in [0.25, 0.3) is 0 Å². The number of imidazole rings is 1. The van der Waals surface area contributed by atoms with Gasteiger partial charge in [-0.1, -0.05) is 44.1 Å². The molecule has 110 valence electrons. The van der Waals surface area contributed by atoms with Gasteiger partial charge in [-0.2, -0.15) is 0 Å². The minimum Gasteiger partial charge on any atom is -0.305 e. The van der Waals surface area contributed by atoms with E-state index in [-0.39, 0.29) is 5.41 Å². The van der Waals surface area contributed by atoms with Crippen LogP contribution in [0, 0.1) is 0 Å². The van der Waals surface area contributed by atoms with Crippen molar-refractivity contribution in [1.82, 2.24) is 24.6 Å². The molecule has 0 aromatic carbocycles. The van der Waals surface area contributed by atoms with E-state index in [0.29, 0.717) is 5.02 Å². The Labute approximate surface area is 132 Å². The summed E-state index contributed by atoms with van der Waals surface area (Å²) in [7, 11) is 0. The first kappa shape index (κ1) is 14.4. The molecule has 0 saturated carbocycles. The van der Waals surface area contributed by atoms with Gasteiger partial charge in [0, 0.05) is 23.6 Å². The van der Waals surface area contributed by atoms with Crippen molar-refractivity contribution in [1.29, 1.82) is 0 Å². The van der Waals surface area contributed by atoms with E-state index in [0.717, 1.165) is 28.1 Å². The first-order chi connectivity index (χ1) is 9.91. The van der Waals surface area contributed by atoms with Gasteiger partial charge in [-0.05, 0) is 12.1 Å². The molecule has 3 aromatic heterocycles. The van der Waals surface area contributed by atoms with E-state index in [1.165, 1.54) is 0 Å². The highest BCUT2D eigenvalue weighted by Gasteiger charge is 2.18. The molecule has 0 spiro atoms. The highest BCUT2D eigenvalue weighted by molar-refractivity contribution is 7.98. The zero-order valence-corrected chi connectivity index (χ0v) is 13.7. The lowest BCUT2D eigenvalue weighted by atomic mass is 9.96. The number of hydrogen-bond acceptors (Lipinski definition) is 4. The molecule has 0 bridgehead atoms. The number of pyridine rings is 1. The van der Waals surface area contributed by atoms with Crippen molar-refractivity contribution >= 4 is 29.0 Å². The topological polar surface area (TPSA) is 58.9 Å². The molecule has 0 radical (unpaired) electrons. The standard InChI is InChI=1S/C14H16ClN5S/c1-14(2,3)12-17-13(19-18-12)21-8-10-7-20-6-9(15)4-5-11(20)16-10/h4-7H,8H2,1-3H3,(H,17,18,19). The van der Waals surface area contributed by atoms with Gasteiger partial charge in [-0.15, -0.1) is 5.10 Å². The summed E-state index contributed by atoms with van der Waals surface area (Å²) in [5.74, 6) is 1.62. The average Bonchev–Trinajstić information content (AvgIpc) is 3.01.